The molecule has 2 aromatic carbocycles. The molecule has 0 saturated heterocycles. The van der Waals surface area contributed by atoms with Gasteiger partial charge in [-0.3, -0.25) is 14.5 Å². The van der Waals surface area contributed by atoms with Crippen molar-refractivity contribution in [2.45, 2.75) is 64.2 Å². The van der Waals surface area contributed by atoms with E-state index in [2.05, 4.69) is 0 Å². The first kappa shape index (κ1) is 23.7. The molecule has 1 fully saturated rings. The Labute approximate surface area is 197 Å². The van der Waals surface area contributed by atoms with Crippen LogP contribution in [0.1, 0.15) is 74.7 Å². The Morgan fingerprint density at radius 2 is 1.73 bits per heavy atom. The maximum atomic E-state index is 13.2. The number of nitrogens with zero attached hydrogens (tertiary/aromatic N) is 1. The number of sulfone groups is 1. The summed E-state index contributed by atoms with van der Waals surface area (Å²) < 4.78 is 25.0. The fourth-order valence-corrected chi connectivity index (χ4v) is 6.94. The van der Waals surface area contributed by atoms with E-state index >= 15 is 0 Å². The molecule has 6 heteroatoms. The molecule has 1 amide bonds. The summed E-state index contributed by atoms with van der Waals surface area (Å²) in [7, 11) is -3.14. The van der Waals surface area contributed by atoms with Gasteiger partial charge in [0.1, 0.15) is 0 Å². The molecule has 0 radical (unpaired) electrons. The first-order valence-corrected chi connectivity index (χ1v) is 13.8. The lowest BCUT2D eigenvalue weighted by Gasteiger charge is -2.21. The smallest absolute Gasteiger partial charge is 0.241 e. The quantitative estimate of drug-likeness (QED) is 0.474. The van der Waals surface area contributed by atoms with E-state index in [0.29, 0.717) is 12.0 Å². The third-order valence-corrected chi connectivity index (χ3v) is 8.95. The zero-order valence-corrected chi connectivity index (χ0v) is 20.4. The van der Waals surface area contributed by atoms with Gasteiger partial charge >= 0.3 is 0 Å². The average Bonchev–Trinajstić information content (AvgIpc) is 2.99. The summed E-state index contributed by atoms with van der Waals surface area (Å²) in [5.41, 5.74) is 2.21. The van der Waals surface area contributed by atoms with Crippen molar-refractivity contribution in [2.75, 3.05) is 16.4 Å². The molecule has 1 saturated carbocycles. The number of Topliss-reactive ketones (excluding diaryl/α,β-unsaturated/α-hetero) is 1. The highest BCUT2D eigenvalue weighted by Gasteiger charge is 2.44. The number of benzene rings is 2. The molecule has 0 atom stereocenters. The monoisotopic (exact) mass is 467 g/mol. The van der Waals surface area contributed by atoms with Gasteiger partial charge in [0.15, 0.2) is 15.6 Å². The topological polar surface area (TPSA) is 71.5 Å². The predicted molar refractivity (Wildman–Crippen MR) is 132 cm³/mol. The second-order valence-corrected chi connectivity index (χ2v) is 12.2. The zero-order chi connectivity index (χ0) is 23.6. The number of para-hydroxylation sites is 1. The lowest BCUT2D eigenvalue weighted by atomic mass is 9.85. The molecule has 2 aromatic rings. The summed E-state index contributed by atoms with van der Waals surface area (Å²) in [6, 6.07) is 14.9. The van der Waals surface area contributed by atoms with Gasteiger partial charge in [0.2, 0.25) is 5.91 Å². The van der Waals surface area contributed by atoms with Crippen molar-refractivity contribution in [3.05, 3.63) is 59.7 Å². The van der Waals surface area contributed by atoms with Gasteiger partial charge in [-0.1, -0.05) is 37.5 Å². The number of carbonyl (C=O) groups is 2. The standard InChI is InChI=1S/C27H33NO4S/c1-27(2)23-18-21(15-16-24(23)28(26(27)30)22-12-7-4-8-13-22)25(29)14-9-17-33(31,32)19-20-10-5-3-6-11-20/h4,7-8,12-13,15-16,18,20H,3,5-6,9-11,14,17,19H2,1-2H3. The van der Waals surface area contributed by atoms with Crippen LogP contribution < -0.4 is 4.90 Å². The van der Waals surface area contributed by atoms with Crippen LogP contribution in [-0.4, -0.2) is 31.6 Å². The van der Waals surface area contributed by atoms with Crippen molar-refractivity contribution in [2.24, 2.45) is 5.92 Å². The van der Waals surface area contributed by atoms with Gasteiger partial charge in [0.25, 0.3) is 0 Å². The highest BCUT2D eigenvalue weighted by Crippen LogP contribution is 2.45. The van der Waals surface area contributed by atoms with E-state index in [0.717, 1.165) is 42.6 Å². The summed E-state index contributed by atoms with van der Waals surface area (Å²) in [5.74, 6) is 0.495. The fourth-order valence-electron chi connectivity index (χ4n) is 5.14. The molecule has 33 heavy (non-hydrogen) atoms. The molecule has 1 aliphatic heterocycles. The molecular weight excluding hydrogens is 434 g/mol. The maximum Gasteiger partial charge on any atom is 0.241 e. The highest BCUT2D eigenvalue weighted by molar-refractivity contribution is 7.91. The van der Waals surface area contributed by atoms with E-state index in [-0.39, 0.29) is 35.5 Å². The lowest BCUT2D eigenvalue weighted by Crippen LogP contribution is -2.33. The van der Waals surface area contributed by atoms with Gasteiger partial charge in [0, 0.05) is 17.7 Å². The predicted octanol–water partition coefficient (Wildman–Crippen LogP) is 5.60. The van der Waals surface area contributed by atoms with Gasteiger partial charge in [-0.15, -0.1) is 0 Å². The molecule has 4 rings (SSSR count). The second-order valence-electron chi connectivity index (χ2n) is 9.98. The Balaban J connectivity index is 1.44. The molecule has 0 N–H and O–H groups in total. The van der Waals surface area contributed by atoms with Gasteiger partial charge in [0.05, 0.1) is 22.6 Å². The van der Waals surface area contributed by atoms with Crippen LogP contribution in [0.4, 0.5) is 11.4 Å². The molecule has 0 unspecified atom stereocenters. The number of carbonyl (C=O) groups excluding carboxylic acids is 2. The molecule has 0 aromatic heterocycles. The molecule has 1 aliphatic carbocycles. The number of amides is 1. The largest absolute Gasteiger partial charge is 0.294 e. The van der Waals surface area contributed by atoms with E-state index < -0.39 is 15.3 Å². The van der Waals surface area contributed by atoms with Crippen molar-refractivity contribution in [3.63, 3.8) is 0 Å². The first-order chi connectivity index (χ1) is 15.7. The summed E-state index contributed by atoms with van der Waals surface area (Å²) in [5, 5.41) is 0. The second kappa shape index (κ2) is 9.41. The van der Waals surface area contributed by atoms with Crippen molar-refractivity contribution in [1.29, 1.82) is 0 Å². The van der Waals surface area contributed by atoms with Crippen LogP contribution >= 0.6 is 0 Å². The van der Waals surface area contributed by atoms with Crippen LogP contribution in [0.3, 0.4) is 0 Å². The van der Waals surface area contributed by atoms with Gasteiger partial charge in [-0.05, 0) is 74.9 Å². The molecule has 176 valence electrons. The summed E-state index contributed by atoms with van der Waals surface area (Å²) in [4.78, 5) is 27.8. The Morgan fingerprint density at radius 3 is 2.42 bits per heavy atom. The highest BCUT2D eigenvalue weighted by atomic mass is 32.2. The first-order valence-electron chi connectivity index (χ1n) is 12.0. The Kier molecular flexibility index (Phi) is 6.76. The molecule has 5 nitrogen and oxygen atoms in total. The van der Waals surface area contributed by atoms with Gasteiger partial charge < -0.3 is 0 Å². The van der Waals surface area contributed by atoms with Crippen LogP contribution in [0.15, 0.2) is 48.5 Å². The molecule has 2 aliphatic rings. The minimum Gasteiger partial charge on any atom is -0.294 e. The molecule has 0 spiro atoms. The van der Waals surface area contributed by atoms with Crippen LogP contribution in [-0.2, 0) is 20.0 Å². The van der Waals surface area contributed by atoms with E-state index in [9.17, 15) is 18.0 Å². The Hall–Kier alpha value is -2.47. The van der Waals surface area contributed by atoms with Crippen molar-refractivity contribution >= 4 is 32.9 Å². The van der Waals surface area contributed by atoms with Crippen LogP contribution in [0, 0.1) is 5.92 Å². The third-order valence-electron chi connectivity index (χ3n) is 7.06. The lowest BCUT2D eigenvalue weighted by molar-refractivity contribution is -0.121. The minimum absolute atomic E-state index is 0.0258. The number of hydrogen-bond donors (Lipinski definition) is 0. The maximum absolute atomic E-state index is 13.2. The normalized spacial score (nSPS) is 18.4. The molecule has 1 heterocycles. The van der Waals surface area contributed by atoms with E-state index in [4.69, 9.17) is 0 Å². The summed E-state index contributed by atoms with van der Waals surface area (Å²) in [6.45, 7) is 3.76. The number of anilines is 2. The van der Waals surface area contributed by atoms with Crippen LogP contribution in [0.25, 0.3) is 0 Å². The van der Waals surface area contributed by atoms with Gasteiger partial charge in [-0.2, -0.15) is 0 Å². The minimum atomic E-state index is -3.14. The van der Waals surface area contributed by atoms with Gasteiger partial charge in [-0.25, -0.2) is 8.42 Å². The SMILES string of the molecule is CC1(C)C(=O)N(c2ccccc2)c2ccc(C(=O)CCCS(=O)(=O)CC3CCCCC3)cc21. The molecular formula is C27H33NO4S. The fraction of sp³-hybridized carbons (Fsp3) is 0.481. The average molecular weight is 468 g/mol. The Bertz CT molecular complexity index is 1130. The number of rotatable bonds is 8. The summed E-state index contributed by atoms with van der Waals surface area (Å²) >= 11 is 0. The number of hydrogen-bond acceptors (Lipinski definition) is 4. The van der Waals surface area contributed by atoms with E-state index in [1.165, 1.54) is 6.42 Å². The number of ketones is 1. The number of fused-ring (bicyclic) bond motifs is 1. The third kappa shape index (κ3) is 5.06. The van der Waals surface area contributed by atoms with E-state index in [1.54, 1.807) is 11.0 Å². The van der Waals surface area contributed by atoms with Crippen molar-refractivity contribution in [3.8, 4) is 0 Å². The Morgan fingerprint density at radius 1 is 1.03 bits per heavy atom. The summed E-state index contributed by atoms with van der Waals surface area (Å²) in [6.07, 6.45) is 5.99. The zero-order valence-electron chi connectivity index (χ0n) is 19.5. The van der Waals surface area contributed by atoms with Crippen molar-refractivity contribution in [1.82, 2.24) is 0 Å². The van der Waals surface area contributed by atoms with Crippen molar-refractivity contribution < 1.29 is 18.0 Å². The molecule has 0 bridgehead atoms. The van der Waals surface area contributed by atoms with E-state index in [1.807, 2.05) is 56.3 Å². The van der Waals surface area contributed by atoms with Crippen LogP contribution in [0.2, 0.25) is 0 Å². The van der Waals surface area contributed by atoms with Crippen LogP contribution in [0.5, 0.6) is 0 Å².